The van der Waals surface area contributed by atoms with Crippen molar-refractivity contribution in [2.45, 2.75) is 6.92 Å². The Morgan fingerprint density at radius 1 is 1.30 bits per heavy atom. The first-order chi connectivity index (χ1) is 9.62. The number of nitrogens with one attached hydrogen (secondary N) is 2. The largest absolute Gasteiger partial charge is 0.464 e. The van der Waals surface area contributed by atoms with Gasteiger partial charge in [-0.25, -0.2) is 5.84 Å². The van der Waals surface area contributed by atoms with Gasteiger partial charge in [-0.2, -0.15) is 15.0 Å². The SMILES string of the molecule is CCOc1nc(NN)nc(Nc2ccc(Br)cc2Cl)n1. The van der Waals surface area contributed by atoms with Crippen molar-refractivity contribution in [3.8, 4) is 6.01 Å². The Morgan fingerprint density at radius 2 is 2.05 bits per heavy atom. The fourth-order valence-electron chi connectivity index (χ4n) is 1.38. The second-order valence-electron chi connectivity index (χ2n) is 3.59. The summed E-state index contributed by atoms with van der Waals surface area (Å²) in [6, 6.07) is 5.58. The van der Waals surface area contributed by atoms with Gasteiger partial charge in [-0.3, -0.25) is 5.43 Å². The third-order valence-corrected chi connectivity index (χ3v) is 3.00. The summed E-state index contributed by atoms with van der Waals surface area (Å²) in [6.45, 7) is 2.27. The number of anilines is 3. The molecule has 0 saturated carbocycles. The zero-order valence-electron chi connectivity index (χ0n) is 10.5. The molecular weight excluding hydrogens is 348 g/mol. The highest BCUT2D eigenvalue weighted by Crippen LogP contribution is 2.27. The van der Waals surface area contributed by atoms with Gasteiger partial charge in [-0.05, 0) is 25.1 Å². The summed E-state index contributed by atoms with van der Waals surface area (Å²) in [5.74, 6) is 5.78. The Kier molecular flexibility index (Phi) is 4.94. The first-order valence-electron chi connectivity index (χ1n) is 5.70. The molecule has 0 amide bonds. The van der Waals surface area contributed by atoms with Gasteiger partial charge in [-0.15, -0.1) is 0 Å². The molecule has 2 rings (SSSR count). The fourth-order valence-corrected chi connectivity index (χ4v) is 2.10. The van der Waals surface area contributed by atoms with Gasteiger partial charge >= 0.3 is 6.01 Å². The van der Waals surface area contributed by atoms with Gasteiger partial charge in [-0.1, -0.05) is 27.5 Å². The number of hydrazine groups is 1. The number of aromatic nitrogens is 3. The van der Waals surface area contributed by atoms with E-state index in [1.807, 2.05) is 13.0 Å². The van der Waals surface area contributed by atoms with Gasteiger partial charge in [0.2, 0.25) is 11.9 Å². The number of nitrogens with zero attached hydrogens (tertiary/aromatic N) is 3. The number of halogens is 2. The van der Waals surface area contributed by atoms with Gasteiger partial charge in [0.05, 0.1) is 17.3 Å². The number of nitrogen functional groups attached to an aromatic ring is 1. The van der Waals surface area contributed by atoms with Crippen LogP contribution in [-0.2, 0) is 0 Å². The average Bonchev–Trinajstić information content (AvgIpc) is 2.42. The summed E-state index contributed by atoms with van der Waals surface area (Å²) in [6.07, 6.45) is 0. The second-order valence-corrected chi connectivity index (χ2v) is 4.91. The lowest BCUT2D eigenvalue weighted by Crippen LogP contribution is -2.13. The van der Waals surface area contributed by atoms with Gasteiger partial charge < -0.3 is 10.1 Å². The van der Waals surface area contributed by atoms with Gasteiger partial charge in [0.1, 0.15) is 0 Å². The zero-order chi connectivity index (χ0) is 14.5. The maximum absolute atomic E-state index is 6.12. The molecular formula is C11H12BrClN6O. The summed E-state index contributed by atoms with van der Waals surface area (Å²) < 4.78 is 6.12. The number of hydrogen-bond donors (Lipinski definition) is 3. The van der Waals surface area contributed by atoms with Crippen molar-refractivity contribution in [3.05, 3.63) is 27.7 Å². The molecule has 1 heterocycles. The van der Waals surface area contributed by atoms with E-state index in [0.29, 0.717) is 17.3 Å². The predicted molar refractivity (Wildman–Crippen MR) is 81.2 cm³/mol. The summed E-state index contributed by atoms with van der Waals surface area (Å²) in [7, 11) is 0. The summed E-state index contributed by atoms with van der Waals surface area (Å²) in [5, 5.41) is 3.51. The molecule has 0 unspecified atom stereocenters. The molecule has 2 aromatic rings. The molecule has 0 aliphatic carbocycles. The highest BCUT2D eigenvalue weighted by atomic mass is 79.9. The smallest absolute Gasteiger partial charge is 0.323 e. The first-order valence-corrected chi connectivity index (χ1v) is 6.87. The van der Waals surface area contributed by atoms with Crippen molar-refractivity contribution < 1.29 is 4.74 Å². The topological polar surface area (TPSA) is 98.0 Å². The summed E-state index contributed by atoms with van der Waals surface area (Å²) >= 11 is 9.46. The summed E-state index contributed by atoms with van der Waals surface area (Å²) in [5.41, 5.74) is 3.01. The van der Waals surface area contributed by atoms with Crippen LogP contribution in [0.1, 0.15) is 6.92 Å². The number of rotatable bonds is 5. The lowest BCUT2D eigenvalue weighted by molar-refractivity contribution is 0.312. The van der Waals surface area contributed by atoms with Crippen LogP contribution in [0.4, 0.5) is 17.6 Å². The molecule has 0 radical (unpaired) electrons. The van der Waals surface area contributed by atoms with Gasteiger partial charge in [0.25, 0.3) is 0 Å². The lowest BCUT2D eigenvalue weighted by Gasteiger charge is -2.09. The van der Waals surface area contributed by atoms with E-state index < -0.39 is 0 Å². The normalized spacial score (nSPS) is 10.2. The van der Waals surface area contributed by atoms with E-state index in [1.165, 1.54) is 0 Å². The van der Waals surface area contributed by atoms with E-state index in [-0.39, 0.29) is 17.9 Å². The minimum absolute atomic E-state index is 0.172. The molecule has 9 heteroatoms. The van der Waals surface area contributed by atoms with Crippen molar-refractivity contribution in [3.63, 3.8) is 0 Å². The van der Waals surface area contributed by atoms with E-state index in [4.69, 9.17) is 22.2 Å². The molecule has 4 N–H and O–H groups in total. The Morgan fingerprint density at radius 3 is 2.70 bits per heavy atom. The Balaban J connectivity index is 2.29. The first kappa shape index (κ1) is 14.8. The van der Waals surface area contributed by atoms with Gasteiger partial charge in [0, 0.05) is 4.47 Å². The molecule has 0 bridgehead atoms. The molecule has 0 aliphatic rings. The lowest BCUT2D eigenvalue weighted by atomic mass is 10.3. The highest BCUT2D eigenvalue weighted by Gasteiger charge is 2.08. The third-order valence-electron chi connectivity index (χ3n) is 2.20. The van der Waals surface area contributed by atoms with Crippen LogP contribution >= 0.6 is 27.5 Å². The number of nitrogens with two attached hydrogens (primary N) is 1. The maximum Gasteiger partial charge on any atom is 0.323 e. The molecule has 106 valence electrons. The zero-order valence-corrected chi connectivity index (χ0v) is 12.9. The van der Waals surface area contributed by atoms with Crippen molar-refractivity contribution in [1.82, 2.24) is 15.0 Å². The standard InChI is InChI=1S/C11H12BrClN6O/c1-2-20-11-17-9(16-10(18-11)19-14)15-8-4-3-6(12)5-7(8)13/h3-5H,2,14H2,1H3,(H2,15,16,17,18,19). The van der Waals surface area contributed by atoms with E-state index in [9.17, 15) is 0 Å². The van der Waals surface area contributed by atoms with Crippen LogP contribution in [-0.4, -0.2) is 21.6 Å². The van der Waals surface area contributed by atoms with E-state index in [0.717, 1.165) is 4.47 Å². The van der Waals surface area contributed by atoms with Crippen LogP contribution in [0.15, 0.2) is 22.7 Å². The summed E-state index contributed by atoms with van der Waals surface area (Å²) in [4.78, 5) is 12.1. The molecule has 0 aliphatic heterocycles. The van der Waals surface area contributed by atoms with Crippen LogP contribution < -0.4 is 21.3 Å². The minimum Gasteiger partial charge on any atom is -0.464 e. The number of benzene rings is 1. The highest BCUT2D eigenvalue weighted by molar-refractivity contribution is 9.10. The molecule has 0 saturated heterocycles. The minimum atomic E-state index is 0.172. The van der Waals surface area contributed by atoms with E-state index in [1.54, 1.807) is 12.1 Å². The monoisotopic (exact) mass is 358 g/mol. The second kappa shape index (κ2) is 6.69. The Labute approximate surface area is 129 Å². The fraction of sp³-hybridized carbons (Fsp3) is 0.182. The molecule has 1 aromatic carbocycles. The number of ether oxygens (including phenoxy) is 1. The third kappa shape index (κ3) is 3.69. The van der Waals surface area contributed by atoms with Crippen LogP contribution in [0.5, 0.6) is 6.01 Å². The van der Waals surface area contributed by atoms with Crippen LogP contribution in [0.25, 0.3) is 0 Å². The Hall–Kier alpha value is -1.64. The van der Waals surface area contributed by atoms with E-state index >= 15 is 0 Å². The van der Waals surface area contributed by atoms with E-state index in [2.05, 4.69) is 41.6 Å². The molecule has 0 fully saturated rings. The average molecular weight is 360 g/mol. The molecule has 0 spiro atoms. The van der Waals surface area contributed by atoms with Crippen molar-refractivity contribution >= 4 is 45.1 Å². The molecule has 1 aromatic heterocycles. The molecule has 0 atom stereocenters. The van der Waals surface area contributed by atoms with Crippen LogP contribution in [0, 0.1) is 0 Å². The van der Waals surface area contributed by atoms with Gasteiger partial charge in [0.15, 0.2) is 0 Å². The quantitative estimate of drug-likeness (QED) is 0.557. The molecule has 7 nitrogen and oxygen atoms in total. The van der Waals surface area contributed by atoms with Crippen molar-refractivity contribution in [2.75, 3.05) is 17.3 Å². The van der Waals surface area contributed by atoms with Crippen molar-refractivity contribution in [2.24, 2.45) is 5.84 Å². The van der Waals surface area contributed by atoms with Crippen molar-refractivity contribution in [1.29, 1.82) is 0 Å². The van der Waals surface area contributed by atoms with Crippen LogP contribution in [0.2, 0.25) is 5.02 Å². The Bertz CT molecular complexity index is 611. The maximum atomic E-state index is 6.12. The number of hydrogen-bond acceptors (Lipinski definition) is 7. The molecule has 20 heavy (non-hydrogen) atoms. The van der Waals surface area contributed by atoms with Crippen LogP contribution in [0.3, 0.4) is 0 Å². The predicted octanol–water partition coefficient (Wildman–Crippen LogP) is 2.72.